The zero-order valence-electron chi connectivity index (χ0n) is 9.87. The molecule has 0 aliphatic heterocycles. The fraction of sp³-hybridized carbons (Fsp3) is 0.500. The molecule has 0 unspecified atom stereocenters. The van der Waals surface area contributed by atoms with Crippen LogP contribution in [0.3, 0.4) is 0 Å². The third-order valence-corrected chi connectivity index (χ3v) is 2.12. The maximum Gasteiger partial charge on any atom is 0.142 e. The van der Waals surface area contributed by atoms with Gasteiger partial charge in [-0.15, -0.1) is 0 Å². The Morgan fingerprint density at radius 2 is 1.87 bits per heavy atom. The first-order valence-electron chi connectivity index (χ1n) is 5.16. The van der Waals surface area contributed by atoms with Crippen molar-refractivity contribution in [1.82, 2.24) is 0 Å². The fourth-order valence-electron chi connectivity index (χ4n) is 1.31. The Bertz CT molecular complexity index is 340. The Balaban J connectivity index is 2.98. The Labute approximate surface area is 91.4 Å². The summed E-state index contributed by atoms with van der Waals surface area (Å²) in [5.74, 6) is 0.720. The van der Waals surface area contributed by atoms with Crippen LogP contribution in [0.25, 0.3) is 0 Å². The molecule has 0 saturated heterocycles. The van der Waals surface area contributed by atoms with Crippen molar-refractivity contribution in [3.05, 3.63) is 23.8 Å². The predicted octanol–water partition coefficient (Wildman–Crippen LogP) is 2.25. The van der Waals surface area contributed by atoms with Gasteiger partial charge in [-0.2, -0.15) is 0 Å². The van der Waals surface area contributed by atoms with E-state index in [2.05, 4.69) is 0 Å². The van der Waals surface area contributed by atoms with Gasteiger partial charge in [-0.05, 0) is 45.4 Å². The lowest BCUT2D eigenvalue weighted by atomic mass is 9.95. The van der Waals surface area contributed by atoms with Gasteiger partial charge in [-0.1, -0.05) is 6.07 Å². The van der Waals surface area contributed by atoms with Gasteiger partial charge >= 0.3 is 0 Å². The second-order valence-corrected chi connectivity index (χ2v) is 4.64. The van der Waals surface area contributed by atoms with E-state index < -0.39 is 0 Å². The molecule has 0 amide bonds. The maximum atomic E-state index is 5.98. The van der Waals surface area contributed by atoms with Gasteiger partial charge in [0.1, 0.15) is 5.75 Å². The van der Waals surface area contributed by atoms with Gasteiger partial charge in [0, 0.05) is 5.54 Å². The Morgan fingerprint density at radius 3 is 2.27 bits per heavy atom. The molecule has 0 spiro atoms. The van der Waals surface area contributed by atoms with Crippen molar-refractivity contribution in [3.8, 4) is 5.75 Å². The first kappa shape index (κ1) is 11.9. The molecule has 0 bridgehead atoms. The van der Waals surface area contributed by atoms with Crippen LogP contribution in [0.1, 0.15) is 33.3 Å². The van der Waals surface area contributed by atoms with E-state index in [0.717, 1.165) is 11.3 Å². The highest BCUT2D eigenvalue weighted by atomic mass is 16.5. The predicted molar refractivity (Wildman–Crippen MR) is 63.8 cm³/mol. The van der Waals surface area contributed by atoms with E-state index >= 15 is 0 Å². The van der Waals surface area contributed by atoms with E-state index in [-0.39, 0.29) is 11.6 Å². The van der Waals surface area contributed by atoms with Gasteiger partial charge in [0.2, 0.25) is 0 Å². The molecule has 84 valence electrons. The van der Waals surface area contributed by atoms with Crippen molar-refractivity contribution < 1.29 is 4.74 Å². The lowest BCUT2D eigenvalue weighted by Crippen LogP contribution is -2.28. The van der Waals surface area contributed by atoms with E-state index in [1.165, 1.54) is 0 Å². The number of rotatable bonds is 3. The van der Waals surface area contributed by atoms with Crippen LogP contribution in [-0.4, -0.2) is 6.10 Å². The summed E-state index contributed by atoms with van der Waals surface area (Å²) in [6, 6.07) is 5.70. The van der Waals surface area contributed by atoms with Crippen LogP contribution in [0.4, 0.5) is 5.69 Å². The standard InChI is InChI=1S/C12H20N2O/c1-8(2)15-11-6-5-9(7-10(11)13)12(3,4)14/h5-8H,13-14H2,1-4H3. The van der Waals surface area contributed by atoms with Crippen LogP contribution < -0.4 is 16.2 Å². The average molecular weight is 208 g/mol. The highest BCUT2D eigenvalue weighted by Crippen LogP contribution is 2.27. The topological polar surface area (TPSA) is 61.3 Å². The van der Waals surface area contributed by atoms with E-state index in [4.69, 9.17) is 16.2 Å². The normalized spacial score (nSPS) is 11.9. The molecule has 0 atom stereocenters. The van der Waals surface area contributed by atoms with Crippen molar-refractivity contribution in [3.63, 3.8) is 0 Å². The van der Waals surface area contributed by atoms with Crippen LogP contribution in [0.15, 0.2) is 18.2 Å². The Hall–Kier alpha value is -1.22. The summed E-state index contributed by atoms with van der Waals surface area (Å²) in [5.41, 5.74) is 13.1. The second kappa shape index (κ2) is 4.11. The summed E-state index contributed by atoms with van der Waals surface area (Å²) in [6.45, 7) is 7.84. The van der Waals surface area contributed by atoms with Crippen LogP contribution >= 0.6 is 0 Å². The van der Waals surface area contributed by atoms with Crippen molar-refractivity contribution in [1.29, 1.82) is 0 Å². The summed E-state index contributed by atoms with van der Waals surface area (Å²) < 4.78 is 5.55. The molecule has 0 saturated carbocycles. The van der Waals surface area contributed by atoms with Crippen LogP contribution in [-0.2, 0) is 5.54 Å². The van der Waals surface area contributed by atoms with Gasteiger partial charge in [0.25, 0.3) is 0 Å². The highest BCUT2D eigenvalue weighted by Gasteiger charge is 2.15. The molecule has 0 aromatic heterocycles. The summed E-state index contributed by atoms with van der Waals surface area (Å²) >= 11 is 0. The minimum atomic E-state index is -0.371. The van der Waals surface area contributed by atoms with E-state index in [1.807, 2.05) is 45.9 Å². The number of hydrogen-bond donors (Lipinski definition) is 2. The monoisotopic (exact) mass is 208 g/mol. The number of hydrogen-bond acceptors (Lipinski definition) is 3. The quantitative estimate of drug-likeness (QED) is 0.749. The first-order chi connectivity index (χ1) is 6.80. The van der Waals surface area contributed by atoms with Gasteiger partial charge < -0.3 is 16.2 Å². The average Bonchev–Trinajstić information content (AvgIpc) is 2.05. The van der Waals surface area contributed by atoms with Crippen LogP contribution in [0.2, 0.25) is 0 Å². The zero-order valence-corrected chi connectivity index (χ0v) is 9.87. The SMILES string of the molecule is CC(C)Oc1ccc(C(C)(C)N)cc1N. The summed E-state index contributed by atoms with van der Waals surface area (Å²) in [4.78, 5) is 0. The molecule has 3 nitrogen and oxygen atoms in total. The number of anilines is 1. The third-order valence-electron chi connectivity index (χ3n) is 2.12. The molecule has 0 heterocycles. The van der Waals surface area contributed by atoms with Crippen molar-refractivity contribution >= 4 is 5.69 Å². The summed E-state index contributed by atoms with van der Waals surface area (Å²) in [6.07, 6.45) is 0.129. The molecule has 1 rings (SSSR count). The van der Waals surface area contributed by atoms with E-state index in [0.29, 0.717) is 5.69 Å². The smallest absolute Gasteiger partial charge is 0.142 e. The highest BCUT2D eigenvalue weighted by molar-refractivity contribution is 5.55. The molecule has 0 radical (unpaired) electrons. The lowest BCUT2D eigenvalue weighted by molar-refractivity contribution is 0.243. The third kappa shape index (κ3) is 3.13. The Morgan fingerprint density at radius 1 is 1.27 bits per heavy atom. The summed E-state index contributed by atoms with van der Waals surface area (Å²) in [5, 5.41) is 0. The van der Waals surface area contributed by atoms with Crippen molar-refractivity contribution in [2.24, 2.45) is 5.73 Å². The Kier molecular flexibility index (Phi) is 3.25. The first-order valence-corrected chi connectivity index (χ1v) is 5.16. The molecular weight excluding hydrogens is 188 g/mol. The molecule has 1 aromatic rings. The number of benzene rings is 1. The molecule has 0 aliphatic rings. The molecule has 0 fully saturated rings. The molecule has 1 aromatic carbocycles. The van der Waals surface area contributed by atoms with Gasteiger partial charge in [0.05, 0.1) is 11.8 Å². The molecule has 3 heteroatoms. The minimum absolute atomic E-state index is 0.129. The molecular formula is C12H20N2O. The van der Waals surface area contributed by atoms with Crippen molar-refractivity contribution in [2.45, 2.75) is 39.3 Å². The van der Waals surface area contributed by atoms with Crippen molar-refractivity contribution in [2.75, 3.05) is 5.73 Å². The fourth-order valence-corrected chi connectivity index (χ4v) is 1.31. The number of ether oxygens (including phenoxy) is 1. The van der Waals surface area contributed by atoms with Crippen LogP contribution in [0, 0.1) is 0 Å². The zero-order chi connectivity index (χ0) is 11.6. The van der Waals surface area contributed by atoms with E-state index in [1.54, 1.807) is 0 Å². The van der Waals surface area contributed by atoms with Gasteiger partial charge in [0.15, 0.2) is 0 Å². The summed E-state index contributed by atoms with van der Waals surface area (Å²) in [7, 11) is 0. The molecule has 4 N–H and O–H groups in total. The second-order valence-electron chi connectivity index (χ2n) is 4.64. The molecule has 0 aliphatic carbocycles. The molecule has 15 heavy (non-hydrogen) atoms. The van der Waals surface area contributed by atoms with Gasteiger partial charge in [-0.3, -0.25) is 0 Å². The van der Waals surface area contributed by atoms with E-state index in [9.17, 15) is 0 Å². The largest absolute Gasteiger partial charge is 0.489 e. The number of nitrogens with two attached hydrogens (primary N) is 2. The van der Waals surface area contributed by atoms with Gasteiger partial charge in [-0.25, -0.2) is 0 Å². The lowest BCUT2D eigenvalue weighted by Gasteiger charge is -2.21. The maximum absolute atomic E-state index is 5.98. The number of nitrogen functional groups attached to an aromatic ring is 1. The van der Waals surface area contributed by atoms with Crippen LogP contribution in [0.5, 0.6) is 5.75 Å². The minimum Gasteiger partial charge on any atom is -0.489 e.